The van der Waals surface area contributed by atoms with Crippen molar-refractivity contribution in [3.63, 3.8) is 0 Å². The summed E-state index contributed by atoms with van der Waals surface area (Å²) < 4.78 is 11.6. The van der Waals surface area contributed by atoms with E-state index in [4.69, 9.17) is 9.47 Å². The Bertz CT molecular complexity index is 1360. The number of anilines is 2. The Morgan fingerprint density at radius 3 is 2.69 bits per heavy atom. The average Bonchev–Trinajstić information content (AvgIpc) is 2.90. The number of benzene rings is 4. The van der Waals surface area contributed by atoms with Crippen molar-refractivity contribution >= 4 is 28.1 Å². The highest BCUT2D eigenvalue weighted by Crippen LogP contribution is 2.39. The van der Waals surface area contributed by atoms with Gasteiger partial charge in [0.2, 0.25) is 0 Å². The number of methoxy groups -OCH3 is 1. The lowest BCUT2D eigenvalue weighted by Gasteiger charge is -2.37. The van der Waals surface area contributed by atoms with Crippen LogP contribution in [0.3, 0.4) is 0 Å². The summed E-state index contributed by atoms with van der Waals surface area (Å²) >= 11 is 0. The quantitative estimate of drug-likeness (QED) is 0.357. The molecule has 0 saturated heterocycles. The number of nitrogens with zero attached hydrogens (tertiary/aromatic N) is 1. The lowest BCUT2D eigenvalue weighted by Crippen LogP contribution is -2.44. The van der Waals surface area contributed by atoms with Gasteiger partial charge in [0.15, 0.2) is 0 Å². The van der Waals surface area contributed by atoms with E-state index in [0.717, 1.165) is 17.1 Å². The number of ether oxygens (including phenoxy) is 2. The monoisotopic (exact) mass is 468 g/mol. The highest BCUT2D eigenvalue weighted by Gasteiger charge is 2.28. The van der Waals surface area contributed by atoms with Crippen molar-refractivity contribution in [1.82, 2.24) is 5.32 Å². The highest BCUT2D eigenvalue weighted by atomic mass is 16.5. The molecule has 1 heterocycles. The van der Waals surface area contributed by atoms with Crippen molar-refractivity contribution in [2.24, 2.45) is 0 Å². The van der Waals surface area contributed by atoms with Crippen molar-refractivity contribution in [1.29, 1.82) is 0 Å². The number of para-hydroxylation sites is 2. The molecule has 4 aromatic carbocycles. The predicted octanol–water partition coefficient (Wildman–Crippen LogP) is 5.80. The molecule has 2 atom stereocenters. The summed E-state index contributed by atoms with van der Waals surface area (Å²) in [5.41, 5.74) is 3.07. The van der Waals surface area contributed by atoms with Crippen LogP contribution in [0, 0.1) is 0 Å². The van der Waals surface area contributed by atoms with Gasteiger partial charge in [0.25, 0.3) is 0 Å². The van der Waals surface area contributed by atoms with E-state index in [1.165, 1.54) is 23.4 Å². The molecule has 0 bridgehead atoms. The molecule has 6 nitrogen and oxygen atoms in total. The number of carboxylic acid groups (broad SMARTS) is 1. The summed E-state index contributed by atoms with van der Waals surface area (Å²) in [5, 5.41) is 15.8. The second-order valence-corrected chi connectivity index (χ2v) is 8.71. The zero-order valence-electron chi connectivity index (χ0n) is 19.8. The Balaban J connectivity index is 1.39. The number of nitrogens with one attached hydrogen (secondary N) is 1. The fourth-order valence-corrected chi connectivity index (χ4v) is 4.73. The fraction of sp³-hybridized carbons (Fsp3) is 0.207. The molecule has 35 heavy (non-hydrogen) atoms. The molecule has 0 radical (unpaired) electrons. The van der Waals surface area contributed by atoms with E-state index in [1.54, 1.807) is 12.1 Å². The second-order valence-electron chi connectivity index (χ2n) is 8.71. The molecule has 0 aliphatic carbocycles. The summed E-state index contributed by atoms with van der Waals surface area (Å²) in [6.45, 7) is 3.38. The first-order chi connectivity index (χ1) is 17.0. The molecular formula is C29H28N2O4. The Hall–Kier alpha value is -4.03. The first kappa shape index (κ1) is 22.7. The van der Waals surface area contributed by atoms with Crippen LogP contribution >= 0.6 is 0 Å². The van der Waals surface area contributed by atoms with Crippen molar-refractivity contribution in [3.8, 4) is 11.5 Å². The Kier molecular flexibility index (Phi) is 6.29. The van der Waals surface area contributed by atoms with Crippen LogP contribution in [0.25, 0.3) is 10.8 Å². The third kappa shape index (κ3) is 4.53. The van der Waals surface area contributed by atoms with Gasteiger partial charge < -0.3 is 24.8 Å². The molecule has 0 saturated carbocycles. The van der Waals surface area contributed by atoms with Gasteiger partial charge in [0, 0.05) is 18.3 Å². The molecule has 4 aromatic rings. The van der Waals surface area contributed by atoms with Gasteiger partial charge in [0.1, 0.15) is 23.2 Å². The number of rotatable bonds is 7. The van der Waals surface area contributed by atoms with Crippen LogP contribution in [0.2, 0.25) is 0 Å². The van der Waals surface area contributed by atoms with Crippen LogP contribution < -0.4 is 19.7 Å². The van der Waals surface area contributed by atoms with Crippen molar-refractivity contribution in [2.45, 2.75) is 19.1 Å². The van der Waals surface area contributed by atoms with Crippen molar-refractivity contribution in [3.05, 3.63) is 96.1 Å². The van der Waals surface area contributed by atoms with Gasteiger partial charge in [0.05, 0.1) is 19.3 Å². The lowest BCUT2D eigenvalue weighted by atomic mass is 9.99. The molecular weight excluding hydrogens is 440 g/mol. The zero-order chi connectivity index (χ0) is 24.4. The minimum Gasteiger partial charge on any atom is -0.496 e. The maximum Gasteiger partial charge on any atom is 0.339 e. The maximum absolute atomic E-state index is 11.8. The molecule has 178 valence electrons. The standard InChI is InChI=1S/C29H28N2O4/c1-19(23-11-7-9-20-8-3-4-10-24(20)23)30-17-22-18-31(26-12-5-6-13-28(26)35-22)21-14-15-27(34-2)25(16-21)29(32)33/h3-16,19,22,30H,17-18H2,1-2H3,(H,32,33)/t19-,22?/m1/s1. The van der Waals surface area contributed by atoms with E-state index >= 15 is 0 Å². The third-order valence-corrected chi connectivity index (χ3v) is 6.50. The lowest BCUT2D eigenvalue weighted by molar-refractivity contribution is 0.0693. The average molecular weight is 469 g/mol. The Labute approximate surface area is 204 Å². The predicted molar refractivity (Wildman–Crippen MR) is 138 cm³/mol. The SMILES string of the molecule is COc1ccc(N2CC(CN[C@H](C)c3cccc4ccccc34)Oc3ccccc32)cc1C(=O)O. The van der Waals surface area contributed by atoms with Crippen LogP contribution in [0.4, 0.5) is 11.4 Å². The summed E-state index contributed by atoms with van der Waals surface area (Å²) in [4.78, 5) is 13.9. The van der Waals surface area contributed by atoms with E-state index in [1.807, 2.05) is 30.3 Å². The molecule has 6 heteroatoms. The zero-order valence-corrected chi connectivity index (χ0v) is 19.8. The van der Waals surface area contributed by atoms with Gasteiger partial charge in [-0.3, -0.25) is 0 Å². The topological polar surface area (TPSA) is 71.0 Å². The number of carboxylic acids is 1. The number of hydrogen-bond acceptors (Lipinski definition) is 5. The highest BCUT2D eigenvalue weighted by molar-refractivity contribution is 5.93. The van der Waals surface area contributed by atoms with Gasteiger partial charge in [-0.2, -0.15) is 0 Å². The molecule has 1 unspecified atom stereocenters. The molecule has 0 spiro atoms. The summed E-state index contributed by atoms with van der Waals surface area (Å²) in [6.07, 6.45) is -0.127. The van der Waals surface area contributed by atoms with E-state index < -0.39 is 5.97 Å². The second kappa shape index (κ2) is 9.68. The number of aromatic carboxylic acids is 1. The molecule has 0 aromatic heterocycles. The van der Waals surface area contributed by atoms with Crippen LogP contribution in [0.15, 0.2) is 84.9 Å². The number of carbonyl (C=O) groups is 1. The molecule has 1 aliphatic rings. The minimum absolute atomic E-state index is 0.127. The van der Waals surface area contributed by atoms with E-state index in [2.05, 4.69) is 59.6 Å². The van der Waals surface area contributed by atoms with E-state index in [9.17, 15) is 9.90 Å². The van der Waals surface area contributed by atoms with Gasteiger partial charge in [-0.05, 0) is 53.6 Å². The van der Waals surface area contributed by atoms with Crippen LogP contribution in [-0.2, 0) is 0 Å². The largest absolute Gasteiger partial charge is 0.496 e. The van der Waals surface area contributed by atoms with Gasteiger partial charge >= 0.3 is 5.97 Å². The normalized spacial score (nSPS) is 15.8. The van der Waals surface area contributed by atoms with Gasteiger partial charge in [-0.25, -0.2) is 4.79 Å². The summed E-state index contributed by atoms with van der Waals surface area (Å²) in [5.74, 6) is 0.0911. The van der Waals surface area contributed by atoms with Crippen LogP contribution in [0.5, 0.6) is 11.5 Å². The molecule has 0 amide bonds. The Morgan fingerprint density at radius 2 is 1.86 bits per heavy atom. The minimum atomic E-state index is -1.02. The van der Waals surface area contributed by atoms with Gasteiger partial charge in [-0.15, -0.1) is 0 Å². The van der Waals surface area contributed by atoms with E-state index in [-0.39, 0.29) is 17.7 Å². The maximum atomic E-state index is 11.8. The summed E-state index contributed by atoms with van der Waals surface area (Å²) in [7, 11) is 1.48. The Morgan fingerprint density at radius 1 is 1.09 bits per heavy atom. The molecule has 5 rings (SSSR count). The fourth-order valence-electron chi connectivity index (χ4n) is 4.73. The van der Waals surface area contributed by atoms with E-state index in [0.29, 0.717) is 18.8 Å². The first-order valence-electron chi connectivity index (χ1n) is 11.7. The van der Waals surface area contributed by atoms with Gasteiger partial charge in [-0.1, -0.05) is 54.6 Å². The molecule has 0 fully saturated rings. The summed E-state index contributed by atoms with van der Waals surface area (Å²) in [6, 6.07) is 28.0. The van der Waals surface area contributed by atoms with Crippen LogP contribution in [-0.4, -0.2) is 37.4 Å². The van der Waals surface area contributed by atoms with Crippen molar-refractivity contribution in [2.75, 3.05) is 25.1 Å². The third-order valence-electron chi connectivity index (χ3n) is 6.50. The first-order valence-corrected chi connectivity index (χ1v) is 11.7. The number of fused-ring (bicyclic) bond motifs is 2. The van der Waals surface area contributed by atoms with Crippen LogP contribution in [0.1, 0.15) is 28.9 Å². The molecule has 2 N–H and O–H groups in total. The number of hydrogen-bond donors (Lipinski definition) is 2. The smallest absolute Gasteiger partial charge is 0.339 e. The van der Waals surface area contributed by atoms with Crippen molar-refractivity contribution < 1.29 is 19.4 Å². The molecule has 1 aliphatic heterocycles.